The Morgan fingerprint density at radius 3 is 1.47 bits per heavy atom. The van der Waals surface area contributed by atoms with E-state index in [4.69, 9.17) is 38.9 Å². The van der Waals surface area contributed by atoms with Gasteiger partial charge < -0.3 is 122 Å². The van der Waals surface area contributed by atoms with E-state index in [2.05, 4.69) is 63.5 Å². The summed E-state index contributed by atoms with van der Waals surface area (Å²) in [4.78, 5) is 222. The van der Waals surface area contributed by atoms with Gasteiger partial charge in [0.1, 0.15) is 66.5 Å². The van der Waals surface area contributed by atoms with E-state index in [9.17, 15) is 97.1 Å². The maximum atomic E-state index is 14.9. The molecule has 27 N–H and O–H groups in total. The number of carboxylic acid groups (broad SMARTS) is 4. The summed E-state index contributed by atoms with van der Waals surface area (Å²) in [6.07, 6.45) is -2.89. The second-order valence-corrected chi connectivity index (χ2v) is 26.7. The van der Waals surface area contributed by atoms with Crippen LogP contribution in [0.4, 0.5) is 0 Å². The highest BCUT2D eigenvalue weighted by molar-refractivity contribution is 6.02. The van der Waals surface area contributed by atoms with Crippen molar-refractivity contribution in [2.24, 2.45) is 28.9 Å². The number of benzene rings is 2. The fraction of sp³-hybridized carbons (Fsp3) is 0.529. The molecule has 0 radical (unpaired) electrons. The van der Waals surface area contributed by atoms with Gasteiger partial charge in [0.05, 0.1) is 31.9 Å². The first-order valence-corrected chi connectivity index (χ1v) is 35.2. The van der Waals surface area contributed by atoms with Gasteiger partial charge in [0.15, 0.2) is 11.9 Å². The number of aliphatic hydroxyl groups is 1. The Bertz CT molecular complexity index is 3800. The smallest absolute Gasteiger partial charge is 0.326 e. The molecule has 41 heteroatoms. The molecule has 2 aromatic carbocycles. The van der Waals surface area contributed by atoms with E-state index in [1.165, 1.54) is 6.20 Å². The van der Waals surface area contributed by atoms with E-state index in [0.29, 0.717) is 22.0 Å². The van der Waals surface area contributed by atoms with E-state index in [0.717, 1.165) is 9.80 Å². The third-order valence-electron chi connectivity index (χ3n) is 17.7. The number of amides is 12. The molecule has 2 fully saturated rings. The zero-order chi connectivity index (χ0) is 80.8. The number of guanidine groups is 2. The summed E-state index contributed by atoms with van der Waals surface area (Å²) < 4.78 is 0. The Labute approximate surface area is 624 Å². The van der Waals surface area contributed by atoms with Gasteiger partial charge in [-0.2, -0.15) is 0 Å². The van der Waals surface area contributed by atoms with Gasteiger partial charge >= 0.3 is 23.9 Å². The molecular formula is C68H98N20O21. The number of carbonyl (C=O) groups excluding carboxylic acids is 12. The molecule has 0 aliphatic carbocycles. The van der Waals surface area contributed by atoms with Crippen LogP contribution >= 0.6 is 0 Å². The summed E-state index contributed by atoms with van der Waals surface area (Å²) >= 11 is 0. The molecule has 1 aromatic heterocycles. The van der Waals surface area contributed by atoms with E-state index in [1.54, 1.807) is 68.4 Å². The zero-order valence-corrected chi connectivity index (χ0v) is 60.1. The number of carboxylic acids is 4. The number of hydrogen-bond donors (Lipinski definition) is 23. The van der Waals surface area contributed by atoms with Crippen LogP contribution in [0.2, 0.25) is 0 Å². The topological polar surface area (TPSA) is 681 Å². The monoisotopic (exact) mass is 1530 g/mol. The maximum absolute atomic E-state index is 14.9. The summed E-state index contributed by atoms with van der Waals surface area (Å²) in [5.41, 5.74) is 23.6. The summed E-state index contributed by atoms with van der Waals surface area (Å²) in [6.45, 7) is 2.14. The van der Waals surface area contributed by atoms with Crippen LogP contribution in [0, 0.1) is 16.7 Å². The fourth-order valence-corrected chi connectivity index (χ4v) is 12.3. The van der Waals surface area contributed by atoms with Crippen molar-refractivity contribution in [1.29, 1.82) is 10.8 Å². The van der Waals surface area contributed by atoms with Crippen LogP contribution in [0.5, 0.6) is 0 Å². The molecule has 0 bridgehead atoms. The van der Waals surface area contributed by atoms with Crippen molar-refractivity contribution >= 4 is 118 Å². The minimum absolute atomic E-state index is 0.00429. The van der Waals surface area contributed by atoms with Gasteiger partial charge in [-0.25, -0.2) is 4.79 Å². The van der Waals surface area contributed by atoms with Crippen molar-refractivity contribution < 1.29 is 102 Å². The van der Waals surface area contributed by atoms with Crippen LogP contribution in [-0.2, 0) is 89.6 Å². The lowest BCUT2D eigenvalue weighted by atomic mass is 10.0. The Kier molecular flexibility index (Phi) is 34.5. The predicted molar refractivity (Wildman–Crippen MR) is 385 cm³/mol. The summed E-state index contributed by atoms with van der Waals surface area (Å²) in [6, 6.07) is -5.06. The molecule has 0 saturated carbocycles. The average Bonchev–Trinajstić information content (AvgIpc) is 1.73. The third-order valence-corrected chi connectivity index (χ3v) is 17.7. The molecule has 0 unspecified atom stereocenters. The van der Waals surface area contributed by atoms with Crippen LogP contribution in [-0.4, -0.2) is 252 Å². The number of aromatic nitrogens is 1. The highest BCUT2D eigenvalue weighted by atomic mass is 16.4. The quantitative estimate of drug-likeness (QED) is 0.0142. The van der Waals surface area contributed by atoms with Gasteiger partial charge in [0.25, 0.3) is 0 Å². The fourth-order valence-electron chi connectivity index (χ4n) is 12.3. The standard InChI is InChI=1S/C68H98N20O21/c1-34(2)26-42(56(98)83-45(30-53(93)94)60(102)85-47(27-35-12-4-3-5-13-35)65(107)88-25-11-19-50(88)62(104)78-40(16-8-22-75-67(71)72)55(97)79-41(66(108)109)17-9-23-76-68(73)74)80-61(103)48(33-89)86-57(99)43(28-36-32-77-39-15-7-6-14-37(36)39)81-58(100)44(29-51(70)90)82-59(101)46(31-54(95)96)84-63(105)49-18-10-24-87(49)64(106)38(69)20-21-52(91)92/h3-7,12-15,32,34,38,40-50,77,89H,8-11,16-31,33,69H2,1-2H3,(H2,70,90)(H,78,104)(H,79,97)(H,80,103)(H,81,100)(H,82,101)(H,83,98)(H,84,105)(H,85,102)(H,86,99)(H,91,92)(H,93,94)(H,95,96)(H,108,109)(H4,71,72,75)(H4,73,74,76)/t38-,40-,41-,42-,43-,44-,45-,46-,47-,48-,49-,50-/m0/s1. The second-order valence-electron chi connectivity index (χ2n) is 26.7. The van der Waals surface area contributed by atoms with Crippen LogP contribution < -0.4 is 81.4 Å². The van der Waals surface area contributed by atoms with Crippen molar-refractivity contribution in [1.82, 2.24) is 73.3 Å². The van der Waals surface area contributed by atoms with E-state index in [1.807, 2.05) is 0 Å². The number of carbonyl (C=O) groups is 16. The van der Waals surface area contributed by atoms with Crippen molar-refractivity contribution in [3.05, 3.63) is 71.9 Å². The number of hydrogen-bond acceptors (Lipinski definition) is 20. The van der Waals surface area contributed by atoms with Crippen LogP contribution in [0.1, 0.15) is 115 Å². The number of likely N-dealkylation sites (tertiary alicyclic amines) is 2. The molecular weight excluding hydrogens is 1430 g/mol. The van der Waals surface area contributed by atoms with Crippen molar-refractivity contribution in [3.63, 3.8) is 0 Å². The summed E-state index contributed by atoms with van der Waals surface area (Å²) in [5.74, 6) is -20.3. The molecule has 12 atom stereocenters. The molecule has 2 aliphatic rings. The first-order valence-electron chi connectivity index (χ1n) is 35.2. The Balaban J connectivity index is 1.37. The van der Waals surface area contributed by atoms with Gasteiger partial charge in [-0.15, -0.1) is 0 Å². The van der Waals surface area contributed by atoms with Crippen LogP contribution in [0.25, 0.3) is 10.9 Å². The highest BCUT2D eigenvalue weighted by Gasteiger charge is 2.43. The van der Waals surface area contributed by atoms with Gasteiger partial charge in [0.2, 0.25) is 70.9 Å². The maximum Gasteiger partial charge on any atom is 0.326 e. The number of aliphatic carboxylic acids is 4. The second kappa shape index (κ2) is 42.9. The number of para-hydroxylation sites is 1. The normalized spacial score (nSPS) is 16.6. The Hall–Kier alpha value is -12.0. The first kappa shape index (κ1) is 87.6. The van der Waals surface area contributed by atoms with Gasteiger partial charge in [-0.05, 0) is 87.3 Å². The molecule has 5 rings (SSSR count). The Morgan fingerprint density at radius 2 is 0.945 bits per heavy atom. The number of fused-ring (bicyclic) bond motifs is 1. The SMILES string of the molecule is CC(C)C[C@H](NC(=O)[C@H](CO)NC(=O)[C@H](Cc1c[nH]c2ccccc12)NC(=O)[C@H](CC(N)=O)NC(=O)[C@H](CC(=O)O)NC(=O)[C@@H]1CCCN1C(=O)[C@@H](N)CCC(=O)O)C(=O)N[C@@H](CC(=O)O)C(=O)N[C@@H](Cc1ccccc1)C(=O)N1CCC[C@H]1C(=O)N[C@@H](CCCNC(=N)N)C(=O)N[C@@H](CCCNC(=N)N)C(=O)O. The molecule has 596 valence electrons. The minimum atomic E-state index is -2.02. The van der Waals surface area contributed by atoms with Gasteiger partial charge in [-0.3, -0.25) is 82.7 Å². The molecule has 109 heavy (non-hydrogen) atoms. The molecule has 41 nitrogen and oxygen atoms in total. The minimum Gasteiger partial charge on any atom is -0.481 e. The summed E-state index contributed by atoms with van der Waals surface area (Å²) in [7, 11) is 0. The first-order chi connectivity index (χ1) is 51.6. The molecule has 2 aliphatic heterocycles. The molecule has 3 heterocycles. The van der Waals surface area contributed by atoms with E-state index in [-0.39, 0.29) is 109 Å². The lowest BCUT2D eigenvalue weighted by molar-refractivity contribution is -0.144. The van der Waals surface area contributed by atoms with Crippen LogP contribution in [0.15, 0.2) is 60.8 Å². The average molecular weight is 1530 g/mol. The molecule has 2 saturated heterocycles. The van der Waals surface area contributed by atoms with E-state index >= 15 is 0 Å². The number of rotatable bonds is 45. The summed E-state index contributed by atoms with van der Waals surface area (Å²) in [5, 5.41) is 91.8. The number of primary amides is 1. The number of aliphatic hydroxyl groups excluding tert-OH is 1. The van der Waals surface area contributed by atoms with E-state index < -0.39 is 212 Å². The number of nitrogens with two attached hydrogens (primary N) is 4. The van der Waals surface area contributed by atoms with Crippen molar-refractivity contribution in [3.8, 4) is 0 Å². The number of nitrogens with zero attached hydrogens (tertiary/aromatic N) is 2. The molecule has 12 amide bonds. The zero-order valence-electron chi connectivity index (χ0n) is 60.1. The Morgan fingerprint density at radius 1 is 0.505 bits per heavy atom. The van der Waals surface area contributed by atoms with Gasteiger partial charge in [0, 0.05) is 62.5 Å². The lowest BCUT2D eigenvalue weighted by Gasteiger charge is -2.31. The highest BCUT2D eigenvalue weighted by Crippen LogP contribution is 2.24. The largest absolute Gasteiger partial charge is 0.481 e. The molecule has 0 spiro atoms. The van der Waals surface area contributed by atoms with Crippen molar-refractivity contribution in [2.75, 3.05) is 32.8 Å². The van der Waals surface area contributed by atoms with Crippen LogP contribution in [0.3, 0.4) is 0 Å². The molecule has 3 aromatic rings. The predicted octanol–water partition coefficient (Wildman–Crippen LogP) is -6.04. The lowest BCUT2D eigenvalue weighted by Crippen LogP contribution is -2.62. The van der Waals surface area contributed by atoms with Gasteiger partial charge in [-0.1, -0.05) is 62.4 Å². The number of H-pyrrole nitrogens is 1. The third kappa shape index (κ3) is 28.3. The van der Waals surface area contributed by atoms with Crippen molar-refractivity contribution in [2.45, 2.75) is 189 Å². The number of aromatic amines is 1. The number of nitrogens with one attached hydrogen (secondary N) is 14.